The van der Waals surface area contributed by atoms with E-state index in [9.17, 15) is 4.79 Å². The number of carbonyl (C=O) groups is 1. The summed E-state index contributed by atoms with van der Waals surface area (Å²) in [6, 6.07) is 7.34. The minimum Gasteiger partial charge on any atom is -0.479 e. The molecule has 6 heteroatoms. The first-order chi connectivity index (χ1) is 9.79. The van der Waals surface area contributed by atoms with Gasteiger partial charge in [0.15, 0.2) is 5.69 Å². The van der Waals surface area contributed by atoms with Crippen LogP contribution in [0, 0.1) is 0 Å². The molecule has 98 valence electrons. The van der Waals surface area contributed by atoms with Crippen LogP contribution in [-0.4, -0.2) is 32.8 Å². The molecule has 0 radical (unpaired) electrons. The largest absolute Gasteiger partial charge is 0.479 e. The van der Waals surface area contributed by atoms with Crippen LogP contribution in [0.1, 0.15) is 16.2 Å². The second-order valence-electron chi connectivity index (χ2n) is 3.99. The van der Waals surface area contributed by atoms with E-state index in [-0.39, 0.29) is 23.1 Å². The molecule has 2 heterocycles. The highest BCUT2D eigenvalue weighted by molar-refractivity contribution is 6.08. The first-order valence-electron chi connectivity index (χ1n) is 5.91. The molecule has 0 amide bonds. The third-order valence-electron chi connectivity index (χ3n) is 2.75. The second-order valence-corrected chi connectivity index (χ2v) is 3.99. The average molecular weight is 266 g/mol. The molecule has 3 rings (SSSR count). The lowest BCUT2D eigenvalue weighted by molar-refractivity contribution is 0.102. The standard InChI is InChI=1S/C14H10N4O2/c1-20-14-12(15-6-7-16-14)13(19)11-8-17-9-4-2-3-5-10(9)18-11/h2-8H,1H3. The van der Waals surface area contributed by atoms with Gasteiger partial charge in [0.2, 0.25) is 11.7 Å². The van der Waals surface area contributed by atoms with Gasteiger partial charge in [-0.2, -0.15) is 0 Å². The van der Waals surface area contributed by atoms with Gasteiger partial charge in [-0.3, -0.25) is 9.78 Å². The van der Waals surface area contributed by atoms with E-state index in [1.807, 2.05) is 18.2 Å². The summed E-state index contributed by atoms with van der Waals surface area (Å²) in [4.78, 5) is 28.8. The van der Waals surface area contributed by atoms with E-state index < -0.39 is 0 Å². The van der Waals surface area contributed by atoms with E-state index in [4.69, 9.17) is 4.74 Å². The fourth-order valence-electron chi connectivity index (χ4n) is 1.82. The van der Waals surface area contributed by atoms with Crippen LogP contribution in [0.25, 0.3) is 11.0 Å². The minimum absolute atomic E-state index is 0.125. The van der Waals surface area contributed by atoms with Gasteiger partial charge in [0.05, 0.1) is 24.3 Å². The number of fused-ring (bicyclic) bond motifs is 1. The summed E-state index contributed by atoms with van der Waals surface area (Å²) in [5.41, 5.74) is 1.72. The Morgan fingerprint density at radius 2 is 1.80 bits per heavy atom. The normalized spacial score (nSPS) is 10.4. The summed E-state index contributed by atoms with van der Waals surface area (Å²) in [7, 11) is 1.44. The van der Waals surface area contributed by atoms with Crippen LogP contribution in [0.15, 0.2) is 42.9 Å². The molecular weight excluding hydrogens is 256 g/mol. The van der Waals surface area contributed by atoms with Gasteiger partial charge < -0.3 is 4.74 Å². The Kier molecular flexibility index (Phi) is 3.04. The first kappa shape index (κ1) is 12.2. The first-order valence-corrected chi connectivity index (χ1v) is 5.91. The number of nitrogens with zero attached hydrogens (tertiary/aromatic N) is 4. The van der Waals surface area contributed by atoms with Crippen LogP contribution < -0.4 is 4.74 Å². The maximum absolute atomic E-state index is 12.4. The Hall–Kier alpha value is -2.89. The lowest BCUT2D eigenvalue weighted by atomic mass is 10.2. The van der Waals surface area contributed by atoms with E-state index in [0.717, 1.165) is 5.52 Å². The van der Waals surface area contributed by atoms with Crippen molar-refractivity contribution in [2.45, 2.75) is 0 Å². The maximum Gasteiger partial charge on any atom is 0.243 e. The molecule has 6 nitrogen and oxygen atoms in total. The number of methoxy groups -OCH3 is 1. The van der Waals surface area contributed by atoms with Crippen molar-refractivity contribution in [2.24, 2.45) is 0 Å². The van der Waals surface area contributed by atoms with Crippen molar-refractivity contribution in [3.05, 3.63) is 54.2 Å². The Labute approximate surface area is 114 Å². The van der Waals surface area contributed by atoms with Crippen LogP contribution >= 0.6 is 0 Å². The number of rotatable bonds is 3. The highest BCUT2D eigenvalue weighted by atomic mass is 16.5. The van der Waals surface area contributed by atoms with Crippen molar-refractivity contribution in [3.63, 3.8) is 0 Å². The minimum atomic E-state index is -0.367. The van der Waals surface area contributed by atoms with Gasteiger partial charge in [-0.1, -0.05) is 12.1 Å². The molecule has 0 aliphatic carbocycles. The van der Waals surface area contributed by atoms with Crippen LogP contribution in [0.5, 0.6) is 5.88 Å². The number of para-hydroxylation sites is 2. The molecule has 0 atom stereocenters. The number of aromatic nitrogens is 4. The van der Waals surface area contributed by atoms with Crippen LogP contribution in [0.2, 0.25) is 0 Å². The maximum atomic E-state index is 12.4. The van der Waals surface area contributed by atoms with Gasteiger partial charge in [0, 0.05) is 12.4 Å². The van der Waals surface area contributed by atoms with Crippen molar-refractivity contribution in [2.75, 3.05) is 7.11 Å². The summed E-state index contributed by atoms with van der Waals surface area (Å²) in [6.45, 7) is 0. The summed E-state index contributed by atoms with van der Waals surface area (Å²) in [5.74, 6) is -0.194. The smallest absolute Gasteiger partial charge is 0.243 e. The number of hydrogen-bond donors (Lipinski definition) is 0. The van der Waals surface area contributed by atoms with Gasteiger partial charge >= 0.3 is 0 Å². The van der Waals surface area contributed by atoms with Crippen molar-refractivity contribution < 1.29 is 9.53 Å². The number of benzene rings is 1. The molecule has 0 unspecified atom stereocenters. The zero-order valence-corrected chi connectivity index (χ0v) is 10.6. The second kappa shape index (κ2) is 5.00. The van der Waals surface area contributed by atoms with Crippen molar-refractivity contribution in [1.82, 2.24) is 19.9 Å². The number of ether oxygens (including phenoxy) is 1. The van der Waals surface area contributed by atoms with Crippen LogP contribution in [0.3, 0.4) is 0 Å². The van der Waals surface area contributed by atoms with E-state index in [1.165, 1.54) is 25.7 Å². The topological polar surface area (TPSA) is 77.9 Å². The van der Waals surface area contributed by atoms with Gasteiger partial charge in [0.25, 0.3) is 0 Å². The van der Waals surface area contributed by atoms with Crippen molar-refractivity contribution in [1.29, 1.82) is 0 Å². The number of hydrogen-bond acceptors (Lipinski definition) is 6. The third kappa shape index (κ3) is 2.07. The van der Waals surface area contributed by atoms with E-state index >= 15 is 0 Å². The molecule has 0 spiro atoms. The van der Waals surface area contributed by atoms with Gasteiger partial charge in [-0.25, -0.2) is 15.0 Å². The molecule has 20 heavy (non-hydrogen) atoms. The average Bonchev–Trinajstić information content (AvgIpc) is 2.53. The van der Waals surface area contributed by atoms with E-state index in [0.29, 0.717) is 5.52 Å². The zero-order valence-electron chi connectivity index (χ0n) is 10.6. The Bertz CT molecular complexity index is 789. The molecular formula is C14H10N4O2. The van der Waals surface area contributed by atoms with Gasteiger partial charge in [-0.05, 0) is 12.1 Å². The van der Waals surface area contributed by atoms with Crippen LogP contribution in [0.4, 0.5) is 0 Å². The summed E-state index contributed by atoms with van der Waals surface area (Å²) < 4.78 is 5.03. The summed E-state index contributed by atoms with van der Waals surface area (Å²) in [6.07, 6.45) is 4.32. The molecule has 0 fully saturated rings. The van der Waals surface area contributed by atoms with Crippen molar-refractivity contribution >= 4 is 16.8 Å². The summed E-state index contributed by atoms with van der Waals surface area (Å²) in [5, 5.41) is 0. The molecule has 0 saturated carbocycles. The molecule has 0 aliphatic rings. The lowest BCUT2D eigenvalue weighted by Crippen LogP contribution is -2.10. The van der Waals surface area contributed by atoms with Crippen LogP contribution in [-0.2, 0) is 0 Å². The Balaban J connectivity index is 2.08. The van der Waals surface area contributed by atoms with E-state index in [2.05, 4.69) is 19.9 Å². The van der Waals surface area contributed by atoms with Gasteiger partial charge in [0.1, 0.15) is 5.69 Å². The fraction of sp³-hybridized carbons (Fsp3) is 0.0714. The molecule has 0 N–H and O–H groups in total. The zero-order chi connectivity index (χ0) is 13.9. The number of ketones is 1. The SMILES string of the molecule is COc1nccnc1C(=O)c1cnc2ccccc2n1. The molecule has 0 bridgehead atoms. The summed E-state index contributed by atoms with van der Waals surface area (Å²) >= 11 is 0. The van der Waals surface area contributed by atoms with Gasteiger partial charge in [-0.15, -0.1) is 0 Å². The third-order valence-corrected chi connectivity index (χ3v) is 2.75. The molecule has 2 aromatic heterocycles. The fourth-order valence-corrected chi connectivity index (χ4v) is 1.82. The molecule has 1 aromatic carbocycles. The quantitative estimate of drug-likeness (QED) is 0.671. The Morgan fingerprint density at radius 1 is 1.05 bits per heavy atom. The molecule has 3 aromatic rings. The lowest BCUT2D eigenvalue weighted by Gasteiger charge is -2.04. The van der Waals surface area contributed by atoms with E-state index in [1.54, 1.807) is 6.07 Å². The predicted molar refractivity (Wildman–Crippen MR) is 71.6 cm³/mol. The Morgan fingerprint density at radius 3 is 2.60 bits per heavy atom. The molecule has 0 saturated heterocycles. The highest BCUT2D eigenvalue weighted by Gasteiger charge is 2.18. The monoisotopic (exact) mass is 266 g/mol. The molecule has 0 aliphatic heterocycles. The highest BCUT2D eigenvalue weighted by Crippen LogP contribution is 2.16. The number of carbonyl (C=O) groups excluding carboxylic acids is 1. The van der Waals surface area contributed by atoms with Crippen molar-refractivity contribution in [3.8, 4) is 5.88 Å². The predicted octanol–water partition coefficient (Wildman–Crippen LogP) is 1.66.